The molecule has 0 bridgehead atoms. The summed E-state index contributed by atoms with van der Waals surface area (Å²) in [6.45, 7) is 3.97. The molecule has 4 aliphatic rings. The van der Waals surface area contributed by atoms with E-state index in [1.54, 1.807) is 36.0 Å². The fourth-order valence-electron chi connectivity index (χ4n) is 8.20. The Labute approximate surface area is 313 Å². The van der Waals surface area contributed by atoms with Crippen LogP contribution in [-0.2, 0) is 22.4 Å². The zero-order chi connectivity index (χ0) is 37.7. The molecule has 0 saturated carbocycles. The maximum absolute atomic E-state index is 15.5. The Morgan fingerprint density at radius 3 is 1.33 bits per heavy atom. The molecule has 12 heteroatoms. The number of amides is 6. The van der Waals surface area contributed by atoms with Gasteiger partial charge < -0.3 is 28.7 Å². The van der Waals surface area contributed by atoms with Crippen LogP contribution in [0.5, 0.6) is 23.0 Å². The highest BCUT2D eigenvalue weighted by molar-refractivity contribution is 6.03. The maximum atomic E-state index is 15.5. The Morgan fingerprint density at radius 2 is 0.944 bits per heavy atom. The van der Waals surface area contributed by atoms with E-state index in [1.165, 1.54) is 9.80 Å². The predicted molar refractivity (Wildman–Crippen MR) is 197 cm³/mol. The fraction of sp³-hybridized carbons (Fsp3) is 0.333. The minimum absolute atomic E-state index is 0.0707. The highest BCUT2D eigenvalue weighted by atomic mass is 16.7. The van der Waals surface area contributed by atoms with Crippen molar-refractivity contribution in [3.05, 3.63) is 119 Å². The van der Waals surface area contributed by atoms with Crippen LogP contribution in [0.2, 0.25) is 0 Å². The molecule has 0 unspecified atom stereocenters. The average molecular weight is 731 g/mol. The standard InChI is InChI=1S/C42H42N4O8/c1-25-37(29-11-7-5-8-12-29)45(41(49)43(25)3)39(47)31(19-27-15-17-33-35(21-27)53-23-51-33)32(20-28-16-18-34-36(22-28)54-24-52-34)40(48)46-38(26(2)44(4)42(46)50)30-13-9-6-10-14-30/h5-18,21-22,25-26,31-32,37-38H,19-20,23-24H2,1-4H3/t25-,26-,31+,32+,37-,38-/m1/s1. The summed E-state index contributed by atoms with van der Waals surface area (Å²) in [4.78, 5) is 65.1. The molecular formula is C42H42N4O8. The third-order valence-corrected chi connectivity index (χ3v) is 11.4. The SMILES string of the molecule is C[C@@H]1[C@H](c2ccccc2)N(C(=O)[C@@H](Cc2ccc3c(c2)OCO3)[C@H](Cc2ccc3c(c2)OCO3)C(=O)N2C(=O)N(C)[C@H](C)[C@@H]2c2ccccc2)C(=O)N1C. The van der Waals surface area contributed by atoms with Crippen molar-refractivity contribution in [2.45, 2.75) is 50.9 Å². The van der Waals surface area contributed by atoms with Gasteiger partial charge in [0.05, 0.1) is 36.0 Å². The van der Waals surface area contributed by atoms with Crippen LogP contribution < -0.4 is 18.9 Å². The molecule has 6 atom stereocenters. The van der Waals surface area contributed by atoms with Crippen LogP contribution in [0.15, 0.2) is 97.1 Å². The van der Waals surface area contributed by atoms with Gasteiger partial charge in [-0.05, 0) is 73.2 Å². The van der Waals surface area contributed by atoms with Crippen LogP contribution in [0.4, 0.5) is 9.59 Å². The van der Waals surface area contributed by atoms with E-state index < -0.39 is 47.8 Å². The first-order valence-corrected chi connectivity index (χ1v) is 18.2. The molecule has 4 aromatic rings. The van der Waals surface area contributed by atoms with E-state index in [2.05, 4.69) is 0 Å². The van der Waals surface area contributed by atoms with Crippen LogP contribution in [0.3, 0.4) is 0 Å². The largest absolute Gasteiger partial charge is 0.454 e. The summed E-state index contributed by atoms with van der Waals surface area (Å²) in [5, 5.41) is 0. The van der Waals surface area contributed by atoms with Crippen molar-refractivity contribution in [1.29, 1.82) is 0 Å². The molecule has 54 heavy (non-hydrogen) atoms. The molecular weight excluding hydrogens is 688 g/mol. The highest BCUT2D eigenvalue weighted by Gasteiger charge is 2.53. The van der Waals surface area contributed by atoms with E-state index >= 15 is 9.59 Å². The lowest BCUT2D eigenvalue weighted by molar-refractivity contribution is -0.144. The molecule has 6 amide bonds. The molecule has 0 N–H and O–H groups in total. The molecule has 0 spiro atoms. The van der Waals surface area contributed by atoms with Crippen molar-refractivity contribution in [3.8, 4) is 23.0 Å². The van der Waals surface area contributed by atoms with Gasteiger partial charge in [0.1, 0.15) is 0 Å². The molecule has 0 aliphatic carbocycles. The number of urea groups is 2. The summed E-state index contributed by atoms with van der Waals surface area (Å²) in [6, 6.07) is 26.9. The van der Waals surface area contributed by atoms with Gasteiger partial charge in [0, 0.05) is 14.1 Å². The van der Waals surface area contributed by atoms with Crippen LogP contribution in [0.25, 0.3) is 0 Å². The number of hydrogen-bond donors (Lipinski definition) is 0. The highest BCUT2D eigenvalue weighted by Crippen LogP contribution is 2.43. The Balaban J connectivity index is 1.27. The molecule has 278 valence electrons. The molecule has 4 aromatic carbocycles. The van der Waals surface area contributed by atoms with Crippen molar-refractivity contribution in [2.24, 2.45) is 11.8 Å². The van der Waals surface area contributed by atoms with Gasteiger partial charge in [-0.25, -0.2) is 9.59 Å². The number of fused-ring (bicyclic) bond motifs is 2. The number of carbonyl (C=O) groups is 4. The van der Waals surface area contributed by atoms with Gasteiger partial charge in [-0.2, -0.15) is 0 Å². The lowest BCUT2D eigenvalue weighted by Gasteiger charge is -2.34. The second-order valence-electron chi connectivity index (χ2n) is 14.4. The number of hydrogen-bond acceptors (Lipinski definition) is 8. The number of benzene rings is 4. The van der Waals surface area contributed by atoms with Crippen LogP contribution >= 0.6 is 0 Å². The first kappa shape index (κ1) is 35.0. The van der Waals surface area contributed by atoms with Crippen LogP contribution in [-0.4, -0.2) is 83.2 Å². The van der Waals surface area contributed by atoms with Crippen LogP contribution in [0.1, 0.15) is 48.2 Å². The van der Waals surface area contributed by atoms with Gasteiger partial charge in [-0.1, -0.05) is 72.8 Å². The van der Waals surface area contributed by atoms with Gasteiger partial charge in [0.15, 0.2) is 23.0 Å². The number of ether oxygens (including phenoxy) is 4. The molecule has 2 fully saturated rings. The Bertz CT molecular complexity index is 1950. The molecule has 8 rings (SSSR count). The smallest absolute Gasteiger partial charge is 0.327 e. The van der Waals surface area contributed by atoms with Crippen molar-refractivity contribution in [2.75, 3.05) is 27.7 Å². The first-order chi connectivity index (χ1) is 26.1. The summed E-state index contributed by atoms with van der Waals surface area (Å²) in [5.41, 5.74) is 3.02. The fourth-order valence-corrected chi connectivity index (χ4v) is 8.20. The van der Waals surface area contributed by atoms with Crippen molar-refractivity contribution < 1.29 is 38.1 Å². The number of imide groups is 2. The molecule has 12 nitrogen and oxygen atoms in total. The molecule has 4 heterocycles. The Hall–Kier alpha value is -6.04. The third-order valence-electron chi connectivity index (χ3n) is 11.4. The topological polar surface area (TPSA) is 118 Å². The zero-order valence-electron chi connectivity index (χ0n) is 30.6. The summed E-state index contributed by atoms with van der Waals surface area (Å²) >= 11 is 0. The number of nitrogens with zero attached hydrogens (tertiary/aromatic N) is 4. The molecule has 0 aromatic heterocycles. The first-order valence-electron chi connectivity index (χ1n) is 18.2. The summed E-state index contributed by atoms with van der Waals surface area (Å²) in [6.07, 6.45) is 0.145. The van der Waals surface area contributed by atoms with Crippen molar-refractivity contribution >= 4 is 23.9 Å². The number of rotatable bonds is 9. The van der Waals surface area contributed by atoms with E-state index in [4.69, 9.17) is 18.9 Å². The van der Waals surface area contributed by atoms with Gasteiger partial charge in [0.25, 0.3) is 0 Å². The predicted octanol–water partition coefficient (Wildman–Crippen LogP) is 6.21. The third kappa shape index (κ3) is 6.05. The Kier molecular flexibility index (Phi) is 9.12. The van der Waals surface area contributed by atoms with Gasteiger partial charge in [0.2, 0.25) is 25.4 Å². The van der Waals surface area contributed by atoms with E-state index in [9.17, 15) is 9.59 Å². The summed E-state index contributed by atoms with van der Waals surface area (Å²) in [7, 11) is 3.37. The van der Waals surface area contributed by atoms with Crippen molar-refractivity contribution in [1.82, 2.24) is 19.6 Å². The second-order valence-corrected chi connectivity index (χ2v) is 14.4. The minimum atomic E-state index is -1.09. The maximum Gasteiger partial charge on any atom is 0.327 e. The minimum Gasteiger partial charge on any atom is -0.454 e. The van der Waals surface area contributed by atoms with Gasteiger partial charge in [-0.15, -0.1) is 0 Å². The lowest BCUT2D eigenvalue weighted by Crippen LogP contribution is -2.49. The van der Waals surface area contributed by atoms with Crippen molar-refractivity contribution in [3.63, 3.8) is 0 Å². The van der Waals surface area contributed by atoms with E-state index in [1.807, 2.05) is 98.8 Å². The zero-order valence-corrected chi connectivity index (χ0v) is 30.6. The van der Waals surface area contributed by atoms with E-state index in [-0.39, 0.29) is 38.5 Å². The second kappa shape index (κ2) is 14.1. The Morgan fingerprint density at radius 1 is 0.574 bits per heavy atom. The quantitative estimate of drug-likeness (QED) is 0.200. The normalized spacial score (nSPS) is 22.6. The molecule has 0 radical (unpaired) electrons. The number of likely N-dealkylation sites (N-methyl/N-ethyl adjacent to an activating group) is 2. The average Bonchev–Trinajstić information content (AvgIpc) is 3.96. The van der Waals surface area contributed by atoms with Gasteiger partial charge >= 0.3 is 12.1 Å². The lowest BCUT2D eigenvalue weighted by atomic mass is 9.79. The monoisotopic (exact) mass is 730 g/mol. The summed E-state index contributed by atoms with van der Waals surface area (Å²) < 4.78 is 22.5. The van der Waals surface area contributed by atoms with Gasteiger partial charge in [-0.3, -0.25) is 19.4 Å². The molecule has 2 saturated heterocycles. The van der Waals surface area contributed by atoms with E-state index in [0.717, 1.165) is 11.1 Å². The molecule has 4 aliphatic heterocycles. The van der Waals surface area contributed by atoms with E-state index in [0.29, 0.717) is 34.1 Å². The number of carbonyl (C=O) groups excluding carboxylic acids is 4. The van der Waals surface area contributed by atoms with Crippen LogP contribution in [0, 0.1) is 11.8 Å². The summed E-state index contributed by atoms with van der Waals surface area (Å²) in [5.74, 6) is -0.995.